The fourth-order valence-electron chi connectivity index (χ4n) is 3.98. The molecule has 0 bridgehead atoms. The Kier molecular flexibility index (Phi) is 6.95. The van der Waals surface area contributed by atoms with Crippen molar-refractivity contribution in [3.05, 3.63) is 83.8 Å². The standard InChI is InChI=1S/C25H27N3O5S/c1-18-26-22(17-27(18)2)34(31,32)28-15-13-21(14-16-28)25(30)33-24(20-11-7-4-8-12-20)23(29)19-9-5-3-6-10-19/h3-12,17,21,24H,13-16H2,1-2H3. The number of sulfonamides is 1. The van der Waals surface area contributed by atoms with Gasteiger partial charge < -0.3 is 9.30 Å². The largest absolute Gasteiger partial charge is 0.449 e. The molecule has 8 nitrogen and oxygen atoms in total. The summed E-state index contributed by atoms with van der Waals surface area (Å²) in [5, 5.41) is 0.00567. The Morgan fingerprint density at radius 2 is 1.59 bits per heavy atom. The molecule has 4 rings (SSSR count). The zero-order valence-electron chi connectivity index (χ0n) is 19.1. The summed E-state index contributed by atoms with van der Waals surface area (Å²) in [7, 11) is -1.99. The summed E-state index contributed by atoms with van der Waals surface area (Å²) in [6.45, 7) is 2.10. The molecule has 0 spiro atoms. The number of nitrogens with zero attached hydrogens (tertiary/aromatic N) is 3. The molecule has 3 aromatic rings. The van der Waals surface area contributed by atoms with Crippen molar-refractivity contribution in [1.29, 1.82) is 0 Å². The van der Waals surface area contributed by atoms with Gasteiger partial charge in [-0.25, -0.2) is 13.4 Å². The molecule has 9 heteroatoms. The Morgan fingerprint density at radius 3 is 2.15 bits per heavy atom. The first kappa shape index (κ1) is 23.8. The highest BCUT2D eigenvalue weighted by atomic mass is 32.2. The third-order valence-electron chi connectivity index (χ3n) is 6.11. The molecule has 1 saturated heterocycles. The highest BCUT2D eigenvalue weighted by Crippen LogP contribution is 2.28. The van der Waals surface area contributed by atoms with Crippen LogP contribution in [0.2, 0.25) is 0 Å². The lowest BCUT2D eigenvalue weighted by Crippen LogP contribution is -2.41. The van der Waals surface area contributed by atoms with Crippen LogP contribution < -0.4 is 0 Å². The van der Waals surface area contributed by atoms with Crippen LogP contribution in [0.15, 0.2) is 71.9 Å². The van der Waals surface area contributed by atoms with E-state index in [0.717, 1.165) is 0 Å². The zero-order chi connectivity index (χ0) is 24.3. The number of aromatic nitrogens is 2. The number of rotatable bonds is 7. The van der Waals surface area contributed by atoms with Crippen molar-refractivity contribution >= 4 is 21.8 Å². The fraction of sp³-hybridized carbons (Fsp3) is 0.320. The maximum atomic E-state index is 13.2. The molecule has 2 heterocycles. The van der Waals surface area contributed by atoms with E-state index in [-0.39, 0.29) is 23.9 Å². The number of Topliss-reactive ketones (excluding diaryl/α,β-unsaturated/α-hetero) is 1. The van der Waals surface area contributed by atoms with Crippen LogP contribution in [0.4, 0.5) is 0 Å². The highest BCUT2D eigenvalue weighted by Gasteiger charge is 2.36. The predicted molar refractivity (Wildman–Crippen MR) is 125 cm³/mol. The maximum absolute atomic E-state index is 13.2. The normalized spacial score (nSPS) is 16.2. The summed E-state index contributed by atoms with van der Waals surface area (Å²) < 4.78 is 34.6. The van der Waals surface area contributed by atoms with E-state index < -0.39 is 28.0 Å². The van der Waals surface area contributed by atoms with E-state index in [2.05, 4.69) is 4.98 Å². The number of imidazole rings is 1. The van der Waals surface area contributed by atoms with E-state index in [1.807, 2.05) is 12.1 Å². The lowest BCUT2D eigenvalue weighted by Gasteiger charge is -2.30. The van der Waals surface area contributed by atoms with Gasteiger partial charge in [-0.05, 0) is 19.8 Å². The van der Waals surface area contributed by atoms with Gasteiger partial charge in [0.1, 0.15) is 5.82 Å². The topological polar surface area (TPSA) is 98.6 Å². The summed E-state index contributed by atoms with van der Waals surface area (Å²) >= 11 is 0. The Labute approximate surface area is 199 Å². The average Bonchev–Trinajstić information content (AvgIpc) is 3.22. The summed E-state index contributed by atoms with van der Waals surface area (Å²) in [4.78, 5) is 30.3. The number of hydrogen-bond acceptors (Lipinski definition) is 6. The van der Waals surface area contributed by atoms with Crippen molar-refractivity contribution < 1.29 is 22.7 Å². The van der Waals surface area contributed by atoms with Crippen molar-refractivity contribution in [2.24, 2.45) is 13.0 Å². The molecule has 0 aliphatic carbocycles. The van der Waals surface area contributed by atoms with Crippen LogP contribution in [0.25, 0.3) is 0 Å². The first-order valence-electron chi connectivity index (χ1n) is 11.1. The molecule has 0 radical (unpaired) electrons. The van der Waals surface area contributed by atoms with Crippen LogP contribution in [-0.2, 0) is 26.6 Å². The molecule has 1 aliphatic rings. The van der Waals surface area contributed by atoms with Gasteiger partial charge in [-0.3, -0.25) is 9.59 Å². The first-order chi connectivity index (χ1) is 16.3. The minimum atomic E-state index is -3.73. The molecule has 1 aromatic heterocycles. The number of piperidine rings is 1. The first-order valence-corrected chi connectivity index (χ1v) is 12.6. The molecule has 2 aromatic carbocycles. The average molecular weight is 482 g/mol. The van der Waals surface area contributed by atoms with Gasteiger partial charge in [0.05, 0.1) is 5.92 Å². The number of ketones is 1. The molecule has 0 N–H and O–H groups in total. The summed E-state index contributed by atoms with van der Waals surface area (Å²) in [6, 6.07) is 17.6. The molecule has 0 amide bonds. The van der Waals surface area contributed by atoms with Gasteiger partial charge in [0, 0.05) is 37.5 Å². The highest BCUT2D eigenvalue weighted by molar-refractivity contribution is 7.89. The number of aryl methyl sites for hydroxylation is 2. The lowest BCUT2D eigenvalue weighted by molar-refractivity contribution is -0.153. The van der Waals surface area contributed by atoms with Crippen molar-refractivity contribution in [1.82, 2.24) is 13.9 Å². The smallest absolute Gasteiger partial charge is 0.310 e. The quantitative estimate of drug-likeness (QED) is 0.379. The Bertz CT molecular complexity index is 1240. The second-order valence-corrected chi connectivity index (χ2v) is 10.3. The van der Waals surface area contributed by atoms with Gasteiger partial charge in [-0.15, -0.1) is 0 Å². The molecule has 1 fully saturated rings. The predicted octanol–water partition coefficient (Wildman–Crippen LogP) is 3.30. The van der Waals surface area contributed by atoms with Crippen molar-refractivity contribution in [2.45, 2.75) is 30.9 Å². The second kappa shape index (κ2) is 9.90. The number of benzene rings is 2. The Morgan fingerprint density at radius 1 is 1.00 bits per heavy atom. The molecule has 0 saturated carbocycles. The van der Waals surface area contributed by atoms with Gasteiger partial charge in [-0.2, -0.15) is 4.31 Å². The van der Waals surface area contributed by atoms with Gasteiger partial charge in [0.2, 0.25) is 5.78 Å². The molecule has 1 atom stereocenters. The van der Waals surface area contributed by atoms with Crippen molar-refractivity contribution in [3.8, 4) is 0 Å². The lowest BCUT2D eigenvalue weighted by atomic mass is 9.97. The van der Waals surface area contributed by atoms with Crippen molar-refractivity contribution in [3.63, 3.8) is 0 Å². The minimum absolute atomic E-state index is 0.00567. The van der Waals surface area contributed by atoms with Crippen LogP contribution in [-0.4, -0.2) is 47.1 Å². The number of ether oxygens (including phenoxy) is 1. The Hall–Kier alpha value is -3.30. The van der Waals surface area contributed by atoms with E-state index in [0.29, 0.717) is 29.8 Å². The van der Waals surface area contributed by atoms with E-state index >= 15 is 0 Å². The summed E-state index contributed by atoms with van der Waals surface area (Å²) in [6.07, 6.45) is 1.05. The monoisotopic (exact) mass is 481 g/mol. The van der Waals surface area contributed by atoms with Crippen LogP contribution in [0.1, 0.15) is 40.7 Å². The number of hydrogen-bond donors (Lipinski definition) is 0. The SMILES string of the molecule is Cc1nc(S(=O)(=O)N2CCC(C(=O)OC(C(=O)c3ccccc3)c3ccccc3)CC2)cn1C. The van der Waals surface area contributed by atoms with Crippen LogP contribution in [0.3, 0.4) is 0 Å². The zero-order valence-corrected chi connectivity index (χ0v) is 19.9. The molecule has 34 heavy (non-hydrogen) atoms. The van der Waals surface area contributed by atoms with Crippen LogP contribution >= 0.6 is 0 Å². The molecular formula is C25H27N3O5S. The molecule has 1 aliphatic heterocycles. The minimum Gasteiger partial charge on any atom is -0.449 e. The molecule has 178 valence electrons. The summed E-state index contributed by atoms with van der Waals surface area (Å²) in [5.74, 6) is -0.687. The molecular weight excluding hydrogens is 454 g/mol. The third-order valence-corrected chi connectivity index (χ3v) is 7.88. The molecule has 1 unspecified atom stereocenters. The van der Waals surface area contributed by atoms with Gasteiger partial charge >= 0.3 is 5.97 Å². The van der Waals surface area contributed by atoms with E-state index in [1.165, 1.54) is 10.5 Å². The van der Waals surface area contributed by atoms with Gasteiger partial charge in [0.15, 0.2) is 11.1 Å². The van der Waals surface area contributed by atoms with Gasteiger partial charge in [-0.1, -0.05) is 60.7 Å². The Balaban J connectivity index is 1.45. The maximum Gasteiger partial charge on any atom is 0.310 e. The van der Waals surface area contributed by atoms with Gasteiger partial charge in [0.25, 0.3) is 10.0 Å². The third kappa shape index (κ3) is 4.95. The fourth-order valence-corrected chi connectivity index (χ4v) is 5.48. The van der Waals surface area contributed by atoms with Crippen molar-refractivity contribution in [2.75, 3.05) is 13.1 Å². The van der Waals surface area contributed by atoms with E-state index in [4.69, 9.17) is 4.74 Å². The van der Waals surface area contributed by atoms with Crippen LogP contribution in [0, 0.1) is 12.8 Å². The number of esters is 1. The number of carbonyl (C=O) groups excluding carboxylic acids is 2. The van der Waals surface area contributed by atoms with E-state index in [9.17, 15) is 18.0 Å². The second-order valence-electron chi connectivity index (χ2n) is 8.37. The van der Waals surface area contributed by atoms with Crippen LogP contribution in [0.5, 0.6) is 0 Å². The number of carbonyl (C=O) groups is 2. The summed E-state index contributed by atoms with van der Waals surface area (Å²) in [5.41, 5.74) is 1.05. The van der Waals surface area contributed by atoms with E-state index in [1.54, 1.807) is 67.1 Å².